The zero-order chi connectivity index (χ0) is 17.7. The second-order valence-corrected chi connectivity index (χ2v) is 5.43. The Labute approximate surface area is 140 Å². The third-order valence-corrected chi connectivity index (χ3v) is 3.63. The van der Waals surface area contributed by atoms with E-state index >= 15 is 0 Å². The third-order valence-electron chi connectivity index (χ3n) is 3.63. The van der Waals surface area contributed by atoms with E-state index in [4.69, 9.17) is 14.3 Å². The number of hydrogen-bond acceptors (Lipinski definition) is 4. The van der Waals surface area contributed by atoms with Gasteiger partial charge in [-0.25, -0.2) is 4.79 Å². The first kappa shape index (κ1) is 17.7. The van der Waals surface area contributed by atoms with Crippen LogP contribution in [-0.2, 0) is 16.1 Å². The number of carbonyl (C=O) groups excluding carboxylic acids is 1. The number of aryl methyl sites for hydroxylation is 1. The maximum atomic E-state index is 12.7. The minimum atomic E-state index is -1.05. The van der Waals surface area contributed by atoms with Crippen LogP contribution in [0, 0.1) is 6.92 Å². The van der Waals surface area contributed by atoms with Crippen LogP contribution in [0.5, 0.6) is 0 Å². The van der Waals surface area contributed by atoms with E-state index < -0.39 is 12.1 Å². The van der Waals surface area contributed by atoms with Crippen LogP contribution in [0.3, 0.4) is 0 Å². The van der Waals surface area contributed by atoms with Gasteiger partial charge < -0.3 is 19.2 Å². The van der Waals surface area contributed by atoms with Crippen molar-refractivity contribution < 1.29 is 23.8 Å². The molecule has 0 radical (unpaired) electrons. The largest absolute Gasteiger partial charge is 0.478 e. The number of carbonyl (C=O) groups is 2. The summed E-state index contributed by atoms with van der Waals surface area (Å²) >= 11 is 0. The number of rotatable bonds is 7. The number of ether oxygens (including phenoxy) is 1. The third kappa shape index (κ3) is 4.02. The first-order valence-corrected chi connectivity index (χ1v) is 7.68. The predicted octanol–water partition coefficient (Wildman–Crippen LogP) is 3.02. The molecule has 1 N–H and O–H groups in total. The maximum Gasteiger partial charge on any atom is 0.339 e. The van der Waals surface area contributed by atoms with Crippen LogP contribution in [0.2, 0.25) is 0 Å². The van der Waals surface area contributed by atoms with E-state index in [1.807, 2.05) is 37.3 Å². The van der Waals surface area contributed by atoms with Crippen molar-refractivity contribution in [3.63, 3.8) is 0 Å². The fraction of sp³-hybridized carbons (Fsp3) is 0.333. The van der Waals surface area contributed by atoms with Gasteiger partial charge in [0.1, 0.15) is 17.1 Å². The summed E-state index contributed by atoms with van der Waals surface area (Å²) in [4.78, 5) is 25.2. The molecular weight excluding hydrogens is 310 g/mol. The summed E-state index contributed by atoms with van der Waals surface area (Å²) in [5, 5.41) is 9.07. The van der Waals surface area contributed by atoms with Crippen LogP contribution in [0.25, 0.3) is 0 Å². The smallest absolute Gasteiger partial charge is 0.339 e. The van der Waals surface area contributed by atoms with Crippen LogP contribution < -0.4 is 0 Å². The Kier molecular flexibility index (Phi) is 5.76. The first-order chi connectivity index (χ1) is 11.4. The molecule has 1 atom stereocenters. The summed E-state index contributed by atoms with van der Waals surface area (Å²) in [6, 6.07) is 10.7. The van der Waals surface area contributed by atoms with Gasteiger partial charge in [0.05, 0.1) is 6.54 Å². The molecule has 2 aromatic rings. The number of aromatic carboxylic acids is 1. The molecule has 1 aromatic heterocycles. The number of benzene rings is 1. The van der Waals surface area contributed by atoms with Gasteiger partial charge in [-0.2, -0.15) is 0 Å². The summed E-state index contributed by atoms with van der Waals surface area (Å²) in [6.45, 7) is 3.99. The molecule has 0 fully saturated rings. The van der Waals surface area contributed by atoms with Gasteiger partial charge in [-0.15, -0.1) is 0 Å². The molecule has 2 rings (SSSR count). The van der Waals surface area contributed by atoms with Crippen molar-refractivity contribution in [2.45, 2.75) is 26.5 Å². The molecule has 0 saturated carbocycles. The van der Waals surface area contributed by atoms with Gasteiger partial charge in [0.2, 0.25) is 0 Å². The van der Waals surface area contributed by atoms with E-state index in [-0.39, 0.29) is 18.0 Å². The molecule has 0 aliphatic heterocycles. The molecule has 24 heavy (non-hydrogen) atoms. The molecule has 1 aromatic carbocycles. The number of carboxylic acid groups (broad SMARTS) is 1. The van der Waals surface area contributed by atoms with E-state index in [0.717, 1.165) is 5.56 Å². The van der Waals surface area contributed by atoms with Gasteiger partial charge in [0.15, 0.2) is 6.10 Å². The van der Waals surface area contributed by atoms with Crippen LogP contribution in [0.4, 0.5) is 0 Å². The first-order valence-electron chi connectivity index (χ1n) is 7.68. The molecule has 128 valence electrons. The highest BCUT2D eigenvalue weighted by Crippen LogP contribution is 2.22. The fourth-order valence-corrected chi connectivity index (χ4v) is 2.45. The van der Waals surface area contributed by atoms with Crippen molar-refractivity contribution in [2.24, 2.45) is 0 Å². The van der Waals surface area contributed by atoms with Crippen LogP contribution in [0.15, 0.2) is 40.8 Å². The Bertz CT molecular complexity index is 707. The standard InChI is InChI=1S/C18H21NO5/c1-4-23-16(13-8-6-5-7-9-13)17(20)19(3)11-14-10-15(18(21)22)12(2)24-14/h5-10,16H,4,11H2,1-3H3,(H,21,22). The molecule has 0 spiro atoms. The van der Waals surface area contributed by atoms with E-state index in [1.54, 1.807) is 14.0 Å². The van der Waals surface area contributed by atoms with Crippen molar-refractivity contribution in [3.05, 3.63) is 59.0 Å². The number of amides is 1. The fourth-order valence-electron chi connectivity index (χ4n) is 2.45. The molecule has 0 bridgehead atoms. The van der Waals surface area contributed by atoms with Gasteiger partial charge in [-0.1, -0.05) is 30.3 Å². The Morgan fingerprint density at radius 1 is 1.29 bits per heavy atom. The maximum absolute atomic E-state index is 12.7. The Balaban J connectivity index is 2.15. The Hall–Kier alpha value is -2.60. The zero-order valence-corrected chi connectivity index (χ0v) is 14.0. The molecule has 1 heterocycles. The van der Waals surface area contributed by atoms with Crippen molar-refractivity contribution in [1.82, 2.24) is 4.90 Å². The molecule has 0 saturated heterocycles. The number of carboxylic acids is 1. The van der Waals surface area contributed by atoms with Crippen molar-refractivity contribution in [1.29, 1.82) is 0 Å². The average molecular weight is 331 g/mol. The number of furan rings is 1. The van der Waals surface area contributed by atoms with Crippen LogP contribution >= 0.6 is 0 Å². The SMILES string of the molecule is CCOC(C(=O)N(C)Cc1cc(C(=O)O)c(C)o1)c1ccccc1. The predicted molar refractivity (Wildman–Crippen MR) is 87.7 cm³/mol. The van der Waals surface area contributed by atoms with E-state index in [9.17, 15) is 9.59 Å². The monoisotopic (exact) mass is 331 g/mol. The molecule has 1 unspecified atom stereocenters. The van der Waals surface area contributed by atoms with Gasteiger partial charge in [0, 0.05) is 13.7 Å². The van der Waals surface area contributed by atoms with Gasteiger partial charge in [-0.05, 0) is 25.5 Å². The highest BCUT2D eigenvalue weighted by Gasteiger charge is 2.25. The topological polar surface area (TPSA) is 80.0 Å². The quantitative estimate of drug-likeness (QED) is 0.843. The number of nitrogens with zero attached hydrogens (tertiary/aromatic N) is 1. The summed E-state index contributed by atoms with van der Waals surface area (Å²) in [5.74, 6) is -0.520. The van der Waals surface area contributed by atoms with Crippen molar-refractivity contribution >= 4 is 11.9 Å². The lowest BCUT2D eigenvalue weighted by Gasteiger charge is -2.23. The summed E-state index contributed by atoms with van der Waals surface area (Å²) in [7, 11) is 1.63. The van der Waals surface area contributed by atoms with E-state index in [0.29, 0.717) is 18.1 Å². The lowest BCUT2D eigenvalue weighted by Crippen LogP contribution is -2.32. The molecule has 0 aliphatic carbocycles. The molecule has 6 nitrogen and oxygen atoms in total. The molecule has 1 amide bonds. The highest BCUT2D eigenvalue weighted by molar-refractivity contribution is 5.88. The minimum absolute atomic E-state index is 0.107. The summed E-state index contributed by atoms with van der Waals surface area (Å²) in [5.41, 5.74) is 0.883. The minimum Gasteiger partial charge on any atom is -0.478 e. The normalized spacial score (nSPS) is 12.0. The highest BCUT2D eigenvalue weighted by atomic mass is 16.5. The van der Waals surface area contributed by atoms with Gasteiger partial charge in [-0.3, -0.25) is 4.79 Å². The number of likely N-dealkylation sites (N-methyl/N-ethyl adjacent to an activating group) is 1. The van der Waals surface area contributed by atoms with Crippen molar-refractivity contribution in [3.8, 4) is 0 Å². The van der Waals surface area contributed by atoms with Crippen LogP contribution in [0.1, 0.15) is 40.5 Å². The Morgan fingerprint density at radius 2 is 1.96 bits per heavy atom. The summed E-state index contributed by atoms with van der Waals surface area (Å²) in [6.07, 6.45) is -0.698. The second-order valence-electron chi connectivity index (χ2n) is 5.43. The average Bonchev–Trinajstić information content (AvgIpc) is 2.93. The Morgan fingerprint density at radius 3 is 2.50 bits per heavy atom. The lowest BCUT2D eigenvalue weighted by atomic mass is 10.1. The lowest BCUT2D eigenvalue weighted by molar-refractivity contribution is -0.143. The van der Waals surface area contributed by atoms with Gasteiger partial charge in [0.25, 0.3) is 5.91 Å². The second kappa shape index (κ2) is 7.79. The van der Waals surface area contributed by atoms with E-state index in [2.05, 4.69) is 0 Å². The van der Waals surface area contributed by atoms with Gasteiger partial charge >= 0.3 is 5.97 Å². The molecular formula is C18H21NO5. The molecule has 0 aliphatic rings. The van der Waals surface area contributed by atoms with Crippen molar-refractivity contribution in [2.75, 3.05) is 13.7 Å². The zero-order valence-electron chi connectivity index (χ0n) is 14.0. The number of hydrogen-bond donors (Lipinski definition) is 1. The van der Waals surface area contributed by atoms with Crippen LogP contribution in [-0.4, -0.2) is 35.5 Å². The van der Waals surface area contributed by atoms with E-state index in [1.165, 1.54) is 11.0 Å². The summed E-state index contributed by atoms with van der Waals surface area (Å²) < 4.78 is 11.0. The molecule has 6 heteroatoms.